The van der Waals surface area contributed by atoms with Crippen LogP contribution in [-0.4, -0.2) is 49.3 Å². The zero-order valence-electron chi connectivity index (χ0n) is 34.5. The second-order valence-corrected chi connectivity index (χ2v) is 16.4. The molecular weight excluding hydrogens is 689 g/mol. The van der Waals surface area contributed by atoms with Gasteiger partial charge < -0.3 is 20.1 Å². The lowest BCUT2D eigenvalue weighted by molar-refractivity contribution is -0.161. The fourth-order valence-electron chi connectivity index (χ4n) is 6.34. The molecule has 0 heterocycles. The zero-order valence-corrected chi connectivity index (χ0v) is 35.4. The quantitative estimate of drug-likeness (QED) is 0.0269. The van der Waals surface area contributed by atoms with Crippen molar-refractivity contribution in [3.8, 4) is 0 Å². The van der Waals surface area contributed by atoms with E-state index < -0.39 is 26.5 Å². The maximum absolute atomic E-state index is 12.6. The van der Waals surface area contributed by atoms with Crippen molar-refractivity contribution >= 4 is 19.8 Å². The van der Waals surface area contributed by atoms with Gasteiger partial charge in [-0.25, -0.2) is 4.57 Å². The van der Waals surface area contributed by atoms with Crippen molar-refractivity contribution < 1.29 is 37.6 Å². The van der Waals surface area contributed by atoms with E-state index in [1.807, 2.05) is 0 Å². The van der Waals surface area contributed by atoms with Gasteiger partial charge in [-0.2, -0.15) is 0 Å². The number of allylic oxidation sites excluding steroid dienone is 2. The fraction of sp³-hybridized carbons (Fsp3) is 0.907. The molecule has 0 amide bonds. The predicted octanol–water partition coefficient (Wildman–Crippen LogP) is 12.6. The number of rotatable bonds is 42. The average molecular weight is 774 g/mol. The molecule has 10 heteroatoms. The van der Waals surface area contributed by atoms with Gasteiger partial charge >= 0.3 is 19.8 Å². The summed E-state index contributed by atoms with van der Waals surface area (Å²) in [4.78, 5) is 34.9. The van der Waals surface area contributed by atoms with E-state index >= 15 is 0 Å². The van der Waals surface area contributed by atoms with Crippen molar-refractivity contribution in [2.24, 2.45) is 5.73 Å². The molecule has 314 valence electrons. The second-order valence-electron chi connectivity index (χ2n) is 14.9. The molecule has 0 rings (SSSR count). The maximum Gasteiger partial charge on any atom is 0.472 e. The van der Waals surface area contributed by atoms with Crippen LogP contribution < -0.4 is 5.73 Å². The monoisotopic (exact) mass is 774 g/mol. The minimum atomic E-state index is -4.37. The molecule has 0 saturated heterocycles. The van der Waals surface area contributed by atoms with E-state index in [0.717, 1.165) is 51.4 Å². The van der Waals surface area contributed by atoms with Crippen LogP contribution >= 0.6 is 7.82 Å². The van der Waals surface area contributed by atoms with Gasteiger partial charge in [-0.3, -0.25) is 18.6 Å². The van der Waals surface area contributed by atoms with Gasteiger partial charge in [0, 0.05) is 19.4 Å². The number of phosphoric ester groups is 1. The van der Waals surface area contributed by atoms with Crippen LogP contribution in [0.2, 0.25) is 0 Å². The average Bonchev–Trinajstić information content (AvgIpc) is 3.14. The zero-order chi connectivity index (χ0) is 38.9. The van der Waals surface area contributed by atoms with E-state index in [2.05, 4.69) is 26.0 Å². The van der Waals surface area contributed by atoms with Gasteiger partial charge in [-0.1, -0.05) is 180 Å². The Bertz CT molecular complexity index is 886. The summed E-state index contributed by atoms with van der Waals surface area (Å²) in [5.41, 5.74) is 5.35. The molecule has 2 atom stereocenters. The molecule has 0 spiro atoms. The Morgan fingerprint density at radius 1 is 0.547 bits per heavy atom. The summed E-state index contributed by atoms with van der Waals surface area (Å²) in [6.07, 6.45) is 40.9. The van der Waals surface area contributed by atoms with E-state index in [-0.39, 0.29) is 38.6 Å². The smallest absolute Gasteiger partial charge is 0.462 e. The lowest BCUT2D eigenvalue weighted by Crippen LogP contribution is -2.29. The lowest BCUT2D eigenvalue weighted by Gasteiger charge is -2.19. The maximum atomic E-state index is 12.6. The van der Waals surface area contributed by atoms with Crippen LogP contribution in [0.15, 0.2) is 12.2 Å². The SMILES string of the molecule is CCCCCCC/C=C/CCCCCCCC(=O)OC[C@H](COP(=O)(O)OCCN)OC(=O)CCCCCCCCCCCCCCCCCCCC. The summed E-state index contributed by atoms with van der Waals surface area (Å²) in [5, 5.41) is 0. The van der Waals surface area contributed by atoms with Crippen molar-refractivity contribution in [3.05, 3.63) is 12.2 Å². The number of phosphoric acid groups is 1. The Kier molecular flexibility index (Phi) is 39.5. The molecule has 9 nitrogen and oxygen atoms in total. The number of hydrogen-bond donors (Lipinski definition) is 2. The molecule has 0 fully saturated rings. The lowest BCUT2D eigenvalue weighted by atomic mass is 10.0. The largest absolute Gasteiger partial charge is 0.472 e. The van der Waals surface area contributed by atoms with Crippen LogP contribution in [0.4, 0.5) is 0 Å². The van der Waals surface area contributed by atoms with Crippen LogP contribution in [-0.2, 0) is 32.7 Å². The third-order valence-electron chi connectivity index (χ3n) is 9.65. The fourth-order valence-corrected chi connectivity index (χ4v) is 7.10. The highest BCUT2D eigenvalue weighted by Gasteiger charge is 2.26. The molecule has 0 radical (unpaired) electrons. The molecule has 0 aromatic carbocycles. The first-order valence-electron chi connectivity index (χ1n) is 22.2. The Morgan fingerprint density at radius 3 is 1.34 bits per heavy atom. The van der Waals surface area contributed by atoms with E-state index in [1.54, 1.807) is 0 Å². The Labute approximate surface area is 326 Å². The van der Waals surface area contributed by atoms with Gasteiger partial charge in [-0.05, 0) is 38.5 Å². The predicted molar refractivity (Wildman–Crippen MR) is 220 cm³/mol. The number of unbranched alkanes of at least 4 members (excludes halogenated alkanes) is 27. The van der Waals surface area contributed by atoms with Crippen molar-refractivity contribution in [3.63, 3.8) is 0 Å². The number of ether oxygens (including phenoxy) is 2. The molecule has 0 aliphatic heterocycles. The number of nitrogens with two attached hydrogens (primary N) is 1. The van der Waals surface area contributed by atoms with Crippen molar-refractivity contribution in [2.75, 3.05) is 26.4 Å². The van der Waals surface area contributed by atoms with Gasteiger partial charge in [0.15, 0.2) is 6.10 Å². The summed E-state index contributed by atoms with van der Waals surface area (Å²) in [6, 6.07) is 0. The summed E-state index contributed by atoms with van der Waals surface area (Å²) < 4.78 is 32.8. The van der Waals surface area contributed by atoms with Gasteiger partial charge in [0.2, 0.25) is 0 Å². The third-order valence-corrected chi connectivity index (χ3v) is 10.6. The Balaban J connectivity index is 4.11. The van der Waals surface area contributed by atoms with Crippen LogP contribution in [0, 0.1) is 0 Å². The molecule has 1 unspecified atom stereocenters. The molecule has 0 aromatic heterocycles. The molecule has 53 heavy (non-hydrogen) atoms. The second kappa shape index (κ2) is 40.4. The molecule has 0 aromatic rings. The molecular formula is C43H84NO8P. The molecule has 0 bridgehead atoms. The summed E-state index contributed by atoms with van der Waals surface area (Å²) in [6.45, 7) is 3.74. The van der Waals surface area contributed by atoms with Crippen molar-refractivity contribution in [2.45, 2.75) is 225 Å². The number of esters is 2. The Morgan fingerprint density at radius 2 is 0.925 bits per heavy atom. The Hall–Kier alpha value is -1.25. The number of hydrogen-bond acceptors (Lipinski definition) is 8. The van der Waals surface area contributed by atoms with Crippen LogP contribution in [0.25, 0.3) is 0 Å². The normalized spacial score (nSPS) is 13.4. The van der Waals surface area contributed by atoms with Crippen molar-refractivity contribution in [1.29, 1.82) is 0 Å². The van der Waals surface area contributed by atoms with Gasteiger partial charge in [0.05, 0.1) is 13.2 Å². The highest BCUT2D eigenvalue weighted by molar-refractivity contribution is 7.47. The van der Waals surface area contributed by atoms with E-state index in [4.69, 9.17) is 24.3 Å². The minimum Gasteiger partial charge on any atom is -0.462 e. The van der Waals surface area contributed by atoms with E-state index in [9.17, 15) is 19.0 Å². The summed E-state index contributed by atoms with van der Waals surface area (Å²) in [5.74, 6) is -0.827. The van der Waals surface area contributed by atoms with Gasteiger partial charge in [0.1, 0.15) is 6.61 Å². The highest BCUT2D eigenvalue weighted by atomic mass is 31.2. The topological polar surface area (TPSA) is 134 Å². The minimum absolute atomic E-state index is 0.0552. The first-order valence-corrected chi connectivity index (χ1v) is 23.7. The van der Waals surface area contributed by atoms with Gasteiger partial charge in [-0.15, -0.1) is 0 Å². The summed E-state index contributed by atoms with van der Waals surface area (Å²) in [7, 11) is -4.37. The van der Waals surface area contributed by atoms with E-state index in [0.29, 0.717) is 6.42 Å². The molecule has 0 aliphatic rings. The molecule has 3 N–H and O–H groups in total. The van der Waals surface area contributed by atoms with Crippen LogP contribution in [0.1, 0.15) is 219 Å². The number of carbonyl (C=O) groups excluding carboxylic acids is 2. The van der Waals surface area contributed by atoms with E-state index in [1.165, 1.54) is 135 Å². The first-order chi connectivity index (χ1) is 25.8. The number of carbonyl (C=O) groups is 2. The molecule has 0 aliphatic carbocycles. The first kappa shape index (κ1) is 51.8. The van der Waals surface area contributed by atoms with Crippen LogP contribution in [0.5, 0.6) is 0 Å². The highest BCUT2D eigenvalue weighted by Crippen LogP contribution is 2.43. The van der Waals surface area contributed by atoms with Crippen molar-refractivity contribution in [1.82, 2.24) is 0 Å². The third kappa shape index (κ3) is 40.2. The molecule has 0 saturated carbocycles. The van der Waals surface area contributed by atoms with Crippen LogP contribution in [0.3, 0.4) is 0 Å². The summed E-state index contributed by atoms with van der Waals surface area (Å²) >= 11 is 0. The van der Waals surface area contributed by atoms with Gasteiger partial charge in [0.25, 0.3) is 0 Å². The standard InChI is InChI=1S/C43H84NO8P/c1-3-5-7-9-11-13-15-17-19-20-21-22-24-26-28-30-32-34-36-43(46)52-41(40-51-53(47,48)50-38-37-44)39-49-42(45)35-33-31-29-27-25-23-18-16-14-12-10-8-6-4-2/h16,18,41H,3-15,17,19-40,44H2,1-2H3,(H,47,48)/b18-16+/t41-/m1/s1.